The third kappa shape index (κ3) is 5.51. The van der Waals surface area contributed by atoms with Gasteiger partial charge in [-0.25, -0.2) is 9.48 Å². The molecule has 2 aromatic rings. The normalized spacial score (nSPS) is 19.2. The van der Waals surface area contributed by atoms with Gasteiger partial charge in [-0.2, -0.15) is 0 Å². The second-order valence-electron chi connectivity index (χ2n) is 7.60. The number of fused-ring (bicyclic) bond motifs is 1. The van der Waals surface area contributed by atoms with Crippen molar-refractivity contribution in [1.82, 2.24) is 30.4 Å². The summed E-state index contributed by atoms with van der Waals surface area (Å²) in [6.45, 7) is 2.01. The van der Waals surface area contributed by atoms with E-state index in [4.69, 9.17) is 9.15 Å². The number of aliphatic carboxylic acids is 1. The Morgan fingerprint density at radius 3 is 2.94 bits per heavy atom. The summed E-state index contributed by atoms with van der Waals surface area (Å²) in [5.74, 6) is -1.58. The lowest BCUT2D eigenvalue weighted by Gasteiger charge is -2.49. The van der Waals surface area contributed by atoms with Crippen LogP contribution in [-0.2, 0) is 36.9 Å². The van der Waals surface area contributed by atoms with Gasteiger partial charge in [-0.15, -0.1) is 16.9 Å². The van der Waals surface area contributed by atoms with E-state index < -0.39 is 29.3 Å². The van der Waals surface area contributed by atoms with Crippen molar-refractivity contribution in [3.8, 4) is 0 Å². The zero-order valence-electron chi connectivity index (χ0n) is 18.6. The van der Waals surface area contributed by atoms with Crippen LogP contribution in [-0.4, -0.2) is 83.5 Å². The molecule has 2 aliphatic rings. The number of carboxylic acid groups (broad SMARTS) is 1. The summed E-state index contributed by atoms with van der Waals surface area (Å²) in [4.78, 5) is 50.2. The first kappa shape index (κ1) is 24.8. The number of hydrogen-bond acceptors (Lipinski definition) is 11. The Kier molecular flexibility index (Phi) is 7.75. The van der Waals surface area contributed by atoms with Crippen LogP contribution in [0.25, 0.3) is 0 Å². The molecular weight excluding hydrogens is 500 g/mol. The number of nitrogens with one attached hydrogen (secondary N) is 1. The topological polar surface area (TPSA) is 170 Å². The van der Waals surface area contributed by atoms with E-state index in [1.165, 1.54) is 27.6 Å². The number of esters is 1. The fourth-order valence-corrected chi connectivity index (χ4v) is 5.89. The van der Waals surface area contributed by atoms with E-state index in [1.807, 2.05) is 6.92 Å². The minimum absolute atomic E-state index is 0.0155. The molecule has 2 atom stereocenters. The Balaban J connectivity index is 1.40. The molecule has 0 aromatic carbocycles. The SMILES string of the molecule is CCCOC(=O)Cn1nnnc1SCC1=C(C(=O)O)N2C(=O)C(NC(=O)Cc3ccco3)[C@H]2SC1. The van der Waals surface area contributed by atoms with Crippen LogP contribution < -0.4 is 5.32 Å². The molecule has 13 nitrogen and oxygen atoms in total. The minimum atomic E-state index is -1.23. The van der Waals surface area contributed by atoms with Gasteiger partial charge >= 0.3 is 11.9 Å². The molecule has 0 spiro atoms. The van der Waals surface area contributed by atoms with E-state index in [2.05, 4.69) is 20.8 Å². The summed E-state index contributed by atoms with van der Waals surface area (Å²) < 4.78 is 11.5. The van der Waals surface area contributed by atoms with Gasteiger partial charge in [-0.3, -0.25) is 19.3 Å². The zero-order chi connectivity index (χ0) is 24.9. The Labute approximate surface area is 207 Å². The van der Waals surface area contributed by atoms with Crippen molar-refractivity contribution in [3.63, 3.8) is 0 Å². The predicted molar refractivity (Wildman–Crippen MR) is 122 cm³/mol. The number of rotatable bonds is 11. The molecule has 4 heterocycles. The lowest BCUT2D eigenvalue weighted by Crippen LogP contribution is -2.70. The van der Waals surface area contributed by atoms with Crippen molar-refractivity contribution in [3.05, 3.63) is 35.4 Å². The quantitative estimate of drug-likeness (QED) is 0.235. The van der Waals surface area contributed by atoms with Gasteiger partial charge in [0.25, 0.3) is 5.91 Å². The zero-order valence-corrected chi connectivity index (χ0v) is 20.2. The fourth-order valence-electron chi connectivity index (χ4n) is 3.52. The first-order valence-corrected chi connectivity index (χ1v) is 12.7. The largest absolute Gasteiger partial charge is 0.477 e. The first-order chi connectivity index (χ1) is 16.9. The van der Waals surface area contributed by atoms with Crippen LogP contribution in [0.2, 0.25) is 0 Å². The predicted octanol–water partition coefficient (Wildman–Crippen LogP) is 0.293. The highest BCUT2D eigenvalue weighted by atomic mass is 32.2. The van der Waals surface area contributed by atoms with E-state index >= 15 is 0 Å². The van der Waals surface area contributed by atoms with Crippen molar-refractivity contribution in [2.75, 3.05) is 18.1 Å². The van der Waals surface area contributed by atoms with Crippen molar-refractivity contribution in [2.45, 2.75) is 42.9 Å². The van der Waals surface area contributed by atoms with Gasteiger partial charge in [-0.05, 0) is 34.6 Å². The molecule has 4 rings (SSSR count). The van der Waals surface area contributed by atoms with Gasteiger partial charge in [0.05, 0.1) is 19.3 Å². The number of furan rings is 1. The summed E-state index contributed by atoms with van der Waals surface area (Å²) >= 11 is 2.52. The van der Waals surface area contributed by atoms with E-state index in [-0.39, 0.29) is 30.3 Å². The van der Waals surface area contributed by atoms with Gasteiger partial charge in [0.1, 0.15) is 29.4 Å². The number of nitrogens with zero attached hydrogens (tertiary/aromatic N) is 5. The maximum atomic E-state index is 12.8. The average Bonchev–Trinajstić information content (AvgIpc) is 3.51. The highest BCUT2D eigenvalue weighted by Gasteiger charge is 2.54. The maximum Gasteiger partial charge on any atom is 0.352 e. The smallest absolute Gasteiger partial charge is 0.352 e. The fraction of sp³-hybridized carbons (Fsp3) is 0.450. The van der Waals surface area contributed by atoms with Gasteiger partial charge < -0.3 is 19.6 Å². The summed E-state index contributed by atoms with van der Waals surface area (Å²) in [7, 11) is 0. The second kappa shape index (κ2) is 10.9. The van der Waals surface area contributed by atoms with Crippen molar-refractivity contribution >= 4 is 47.3 Å². The van der Waals surface area contributed by atoms with Gasteiger partial charge in [-0.1, -0.05) is 18.7 Å². The number of carboxylic acids is 1. The number of ether oxygens (including phenoxy) is 1. The molecule has 186 valence electrons. The first-order valence-electron chi connectivity index (χ1n) is 10.6. The number of aromatic nitrogens is 4. The monoisotopic (exact) mass is 522 g/mol. The van der Waals surface area contributed by atoms with Crippen LogP contribution >= 0.6 is 23.5 Å². The van der Waals surface area contributed by atoms with Gasteiger partial charge in [0, 0.05) is 11.5 Å². The summed E-state index contributed by atoms with van der Waals surface area (Å²) in [6.07, 6.45) is 2.13. The summed E-state index contributed by atoms with van der Waals surface area (Å²) in [5.41, 5.74) is 0.407. The molecule has 0 bridgehead atoms. The molecule has 1 saturated heterocycles. The Morgan fingerprint density at radius 1 is 1.40 bits per heavy atom. The van der Waals surface area contributed by atoms with E-state index in [0.29, 0.717) is 35.3 Å². The molecule has 1 unspecified atom stereocenters. The van der Waals surface area contributed by atoms with E-state index in [1.54, 1.807) is 12.1 Å². The van der Waals surface area contributed by atoms with E-state index in [9.17, 15) is 24.3 Å². The molecule has 1 fully saturated rings. The molecule has 2 amide bonds. The van der Waals surface area contributed by atoms with Crippen LogP contribution in [0.5, 0.6) is 0 Å². The molecule has 2 aromatic heterocycles. The van der Waals surface area contributed by atoms with Crippen LogP contribution in [0.1, 0.15) is 19.1 Å². The van der Waals surface area contributed by atoms with Crippen LogP contribution in [0.4, 0.5) is 0 Å². The third-order valence-electron chi connectivity index (χ3n) is 5.10. The Morgan fingerprint density at radius 2 is 2.23 bits per heavy atom. The summed E-state index contributed by atoms with van der Waals surface area (Å²) in [5, 5.41) is 23.5. The lowest BCUT2D eigenvalue weighted by molar-refractivity contribution is -0.150. The minimum Gasteiger partial charge on any atom is -0.477 e. The van der Waals surface area contributed by atoms with Crippen molar-refractivity contribution < 1.29 is 33.4 Å². The van der Waals surface area contributed by atoms with E-state index in [0.717, 1.165) is 11.8 Å². The Hall–Kier alpha value is -3.33. The average molecular weight is 523 g/mol. The molecule has 2 N–H and O–H groups in total. The number of carbonyl (C=O) groups excluding carboxylic acids is 3. The molecular formula is C20H22N6O7S2. The number of carbonyl (C=O) groups is 4. The van der Waals surface area contributed by atoms with Crippen LogP contribution in [0.15, 0.2) is 39.2 Å². The standard InChI is InChI=1S/C20H22N6O7S2/c1-2-5-33-14(28)8-25-20(22-23-24-25)35-10-11-9-34-18-15(17(29)26(18)16(11)19(30)31)21-13(27)7-12-4-3-6-32-12/h3-4,6,15,18H,2,5,7-10H2,1H3,(H,21,27)(H,30,31)/t15?,18-/m1/s1. The molecule has 0 saturated carbocycles. The molecule has 0 radical (unpaired) electrons. The number of β-lactam (4-membered cyclic amide) rings is 1. The molecule has 35 heavy (non-hydrogen) atoms. The highest BCUT2D eigenvalue weighted by molar-refractivity contribution is 8.01. The van der Waals surface area contributed by atoms with Crippen molar-refractivity contribution in [1.29, 1.82) is 0 Å². The molecule has 0 aliphatic carbocycles. The molecule has 15 heteroatoms. The Bertz CT molecular complexity index is 1150. The number of hydrogen-bond donors (Lipinski definition) is 2. The number of thioether (sulfide) groups is 2. The van der Waals surface area contributed by atoms with Gasteiger partial charge in [0.15, 0.2) is 0 Å². The molecule has 2 aliphatic heterocycles. The van der Waals surface area contributed by atoms with Crippen LogP contribution in [0.3, 0.4) is 0 Å². The highest BCUT2D eigenvalue weighted by Crippen LogP contribution is 2.41. The summed E-state index contributed by atoms with van der Waals surface area (Å²) in [6, 6.07) is 2.51. The van der Waals surface area contributed by atoms with Crippen molar-refractivity contribution in [2.24, 2.45) is 0 Å². The van der Waals surface area contributed by atoms with Gasteiger partial charge in [0.2, 0.25) is 11.1 Å². The number of amides is 2. The second-order valence-corrected chi connectivity index (χ2v) is 9.64. The van der Waals surface area contributed by atoms with Crippen LogP contribution in [0, 0.1) is 0 Å². The number of tetrazole rings is 1. The maximum absolute atomic E-state index is 12.8. The lowest BCUT2D eigenvalue weighted by atomic mass is 10.0. The third-order valence-corrected chi connectivity index (χ3v) is 7.48.